The van der Waals surface area contributed by atoms with Gasteiger partial charge in [-0.25, -0.2) is 4.79 Å². The first-order valence-corrected chi connectivity index (χ1v) is 26.2. The molecule has 0 saturated carbocycles. The molecule has 0 amide bonds. The second kappa shape index (κ2) is 45.8. The van der Waals surface area contributed by atoms with Crippen LogP contribution in [0.4, 0.5) is 0 Å². The molecule has 0 aliphatic carbocycles. The van der Waals surface area contributed by atoms with Gasteiger partial charge in [-0.1, -0.05) is 210 Å². The van der Waals surface area contributed by atoms with Crippen LogP contribution in [0, 0.1) is 0 Å². The summed E-state index contributed by atoms with van der Waals surface area (Å²) in [6, 6.07) is -0.616. The first-order valence-electron chi connectivity index (χ1n) is 26.2. The zero-order valence-electron chi connectivity index (χ0n) is 41.8. The number of carboxylic acids is 1. The van der Waals surface area contributed by atoms with Gasteiger partial charge in [0.2, 0.25) is 0 Å². The number of likely N-dealkylation sites (N-methyl/N-ethyl adjacent to an activating group) is 1. The van der Waals surface area contributed by atoms with Crippen LogP contribution < -0.4 is 0 Å². The molecule has 0 saturated heterocycles. The highest BCUT2D eigenvalue weighted by molar-refractivity contribution is 5.72. The third-order valence-corrected chi connectivity index (χ3v) is 11.7. The predicted octanol–water partition coefficient (Wildman–Crippen LogP) is 15.1. The van der Waals surface area contributed by atoms with E-state index in [0.717, 1.165) is 70.6 Å². The van der Waals surface area contributed by atoms with Gasteiger partial charge in [-0.15, -0.1) is 0 Å². The summed E-state index contributed by atoms with van der Waals surface area (Å²) in [5, 5.41) is 9.66. The molecule has 0 aromatic heterocycles. The maximum atomic E-state index is 12.8. The smallest absolute Gasteiger partial charge is 0.362 e. The number of carbonyl (C=O) groups is 3. The van der Waals surface area contributed by atoms with E-state index in [1.807, 2.05) is 21.1 Å². The molecular weight excluding hydrogens is 787 g/mol. The minimum Gasteiger partial charge on any atom is -0.477 e. The third-order valence-electron chi connectivity index (χ3n) is 11.7. The van der Waals surface area contributed by atoms with Crippen LogP contribution in [0.15, 0.2) is 48.6 Å². The highest BCUT2D eigenvalue weighted by atomic mass is 16.6. The van der Waals surface area contributed by atoms with Gasteiger partial charge in [0, 0.05) is 19.3 Å². The molecule has 8 heteroatoms. The van der Waals surface area contributed by atoms with Crippen LogP contribution in [0.3, 0.4) is 0 Å². The largest absolute Gasteiger partial charge is 0.477 e. The zero-order valence-corrected chi connectivity index (χ0v) is 41.8. The van der Waals surface area contributed by atoms with Crippen LogP contribution >= 0.6 is 0 Å². The SMILES string of the molecule is CC/C=C/C/C=C/C/C=C/C/C=C/CCCCCCCCCC(=O)OCC(COCCC(C(=O)O)[N+](C)(C)C)OC(=O)CCCCCCCCCCCCCCCCCCCCC. The molecule has 63 heavy (non-hydrogen) atoms. The van der Waals surface area contributed by atoms with Crippen molar-refractivity contribution >= 4 is 17.9 Å². The topological polar surface area (TPSA) is 99.1 Å². The molecule has 0 bridgehead atoms. The first kappa shape index (κ1) is 60.3. The Labute approximate surface area is 388 Å². The number of ether oxygens (including phenoxy) is 3. The fraction of sp³-hybridized carbons (Fsp3) is 0.800. The Bertz CT molecular complexity index is 1170. The number of hydrogen-bond donors (Lipinski definition) is 1. The van der Waals surface area contributed by atoms with E-state index in [2.05, 4.69) is 62.5 Å². The van der Waals surface area contributed by atoms with Crippen molar-refractivity contribution in [1.82, 2.24) is 0 Å². The molecule has 0 aliphatic rings. The fourth-order valence-corrected chi connectivity index (χ4v) is 7.73. The van der Waals surface area contributed by atoms with Crippen LogP contribution in [-0.4, -0.2) is 80.6 Å². The highest BCUT2D eigenvalue weighted by Gasteiger charge is 2.31. The molecule has 1 N–H and O–H groups in total. The number of carboxylic acid groups (broad SMARTS) is 1. The van der Waals surface area contributed by atoms with Crippen molar-refractivity contribution in [1.29, 1.82) is 0 Å². The van der Waals surface area contributed by atoms with E-state index in [1.165, 1.54) is 128 Å². The van der Waals surface area contributed by atoms with Gasteiger partial charge in [0.25, 0.3) is 0 Å². The lowest BCUT2D eigenvalue weighted by Crippen LogP contribution is -2.50. The number of carbonyl (C=O) groups excluding carboxylic acids is 2. The summed E-state index contributed by atoms with van der Waals surface area (Å²) < 4.78 is 17.4. The lowest BCUT2D eigenvalue weighted by molar-refractivity contribution is -0.887. The second-order valence-corrected chi connectivity index (χ2v) is 18.8. The lowest BCUT2D eigenvalue weighted by atomic mass is 10.0. The van der Waals surface area contributed by atoms with Gasteiger partial charge in [-0.2, -0.15) is 0 Å². The van der Waals surface area contributed by atoms with Crippen molar-refractivity contribution in [2.45, 2.75) is 244 Å². The van der Waals surface area contributed by atoms with Crippen molar-refractivity contribution in [2.24, 2.45) is 0 Å². The van der Waals surface area contributed by atoms with Gasteiger partial charge < -0.3 is 23.8 Å². The van der Waals surface area contributed by atoms with E-state index in [9.17, 15) is 19.5 Å². The number of allylic oxidation sites excluding steroid dienone is 8. The minimum absolute atomic E-state index is 0.0548. The number of rotatable bonds is 47. The molecule has 0 heterocycles. The number of unbranched alkanes of at least 4 members (excludes halogenated alkanes) is 25. The molecule has 0 aromatic rings. The van der Waals surface area contributed by atoms with Gasteiger partial charge in [0.15, 0.2) is 12.1 Å². The van der Waals surface area contributed by atoms with Gasteiger partial charge in [0.05, 0.1) is 34.4 Å². The predicted molar refractivity (Wildman–Crippen MR) is 266 cm³/mol. The standard InChI is InChI=1S/C55H99NO7/c1-6-8-10-12-14-16-18-20-22-24-26-28-29-31-33-35-37-39-41-43-45-53(57)62-50-51(49-61-48-47-52(55(59)60)56(3,4)5)63-54(58)46-44-42-40-38-36-34-32-30-27-25-23-21-19-17-15-13-11-9-7-2/h8,10,14,16,20,22,26,28,51-52H,6-7,9,11-13,15,17-19,21,23-25,27,29-50H2,1-5H3/p+1/b10-8+,16-14+,22-20+,28-26+. The summed E-state index contributed by atoms with van der Waals surface area (Å²) in [7, 11) is 5.54. The minimum atomic E-state index is -0.875. The van der Waals surface area contributed by atoms with Crippen molar-refractivity contribution in [3.05, 3.63) is 48.6 Å². The molecule has 2 unspecified atom stereocenters. The number of aliphatic carboxylic acids is 1. The summed E-state index contributed by atoms with van der Waals surface area (Å²) in [5.74, 6) is -1.47. The molecule has 2 atom stereocenters. The first-order chi connectivity index (χ1) is 30.6. The lowest BCUT2D eigenvalue weighted by Gasteiger charge is -2.31. The van der Waals surface area contributed by atoms with Gasteiger partial charge in [-0.3, -0.25) is 9.59 Å². The Hall–Kier alpha value is -2.71. The van der Waals surface area contributed by atoms with Crippen molar-refractivity contribution in [2.75, 3.05) is 41.0 Å². The highest BCUT2D eigenvalue weighted by Crippen LogP contribution is 2.16. The van der Waals surface area contributed by atoms with Crippen LogP contribution in [0.5, 0.6) is 0 Å². The summed E-state index contributed by atoms with van der Waals surface area (Å²) in [6.45, 7) is 4.65. The van der Waals surface area contributed by atoms with E-state index in [4.69, 9.17) is 14.2 Å². The number of quaternary nitrogens is 1. The number of hydrogen-bond acceptors (Lipinski definition) is 6. The second-order valence-electron chi connectivity index (χ2n) is 18.8. The van der Waals surface area contributed by atoms with Crippen LogP contribution in [0.1, 0.15) is 232 Å². The number of nitrogens with zero attached hydrogens (tertiary/aromatic N) is 1. The van der Waals surface area contributed by atoms with Gasteiger partial charge >= 0.3 is 17.9 Å². The maximum absolute atomic E-state index is 12.8. The Morgan fingerprint density at radius 2 is 0.889 bits per heavy atom. The van der Waals surface area contributed by atoms with E-state index in [0.29, 0.717) is 19.3 Å². The summed E-state index contributed by atoms with van der Waals surface area (Å²) in [4.78, 5) is 37.2. The van der Waals surface area contributed by atoms with Crippen molar-refractivity contribution in [3.63, 3.8) is 0 Å². The molecule has 0 aliphatic heterocycles. The van der Waals surface area contributed by atoms with Crippen molar-refractivity contribution < 1.29 is 38.2 Å². The van der Waals surface area contributed by atoms with Crippen molar-refractivity contribution in [3.8, 4) is 0 Å². The average Bonchev–Trinajstić information content (AvgIpc) is 3.24. The molecule has 0 radical (unpaired) electrons. The average molecular weight is 887 g/mol. The van der Waals surface area contributed by atoms with E-state index >= 15 is 0 Å². The Morgan fingerprint density at radius 1 is 0.492 bits per heavy atom. The maximum Gasteiger partial charge on any atom is 0.362 e. The molecule has 8 nitrogen and oxygen atoms in total. The Kier molecular flexibility index (Phi) is 43.9. The molecular formula is C55H100NO7+. The summed E-state index contributed by atoms with van der Waals surface area (Å²) in [6.07, 6.45) is 55.9. The van der Waals surface area contributed by atoms with Gasteiger partial charge in [-0.05, 0) is 51.4 Å². The van der Waals surface area contributed by atoms with E-state index < -0.39 is 18.1 Å². The van der Waals surface area contributed by atoms with E-state index in [-0.39, 0.29) is 36.2 Å². The van der Waals surface area contributed by atoms with Crippen LogP contribution in [-0.2, 0) is 28.6 Å². The molecule has 0 fully saturated rings. The molecule has 0 aromatic carbocycles. The summed E-state index contributed by atoms with van der Waals surface area (Å²) in [5.41, 5.74) is 0. The monoisotopic (exact) mass is 887 g/mol. The van der Waals surface area contributed by atoms with Crippen LogP contribution in [0.2, 0.25) is 0 Å². The molecule has 0 spiro atoms. The Morgan fingerprint density at radius 3 is 1.32 bits per heavy atom. The Balaban J connectivity index is 4.24. The third kappa shape index (κ3) is 44.3. The number of esters is 2. The zero-order chi connectivity index (χ0) is 46.3. The fourth-order valence-electron chi connectivity index (χ4n) is 7.73. The van der Waals surface area contributed by atoms with Gasteiger partial charge in [0.1, 0.15) is 6.61 Å². The quantitative estimate of drug-likeness (QED) is 0.0281. The molecule has 0 rings (SSSR count). The van der Waals surface area contributed by atoms with Crippen LogP contribution in [0.25, 0.3) is 0 Å². The summed E-state index contributed by atoms with van der Waals surface area (Å²) >= 11 is 0. The normalized spacial score (nSPS) is 13.2. The van der Waals surface area contributed by atoms with E-state index in [1.54, 1.807) is 0 Å². The molecule has 366 valence electrons.